The molecule has 0 radical (unpaired) electrons. The lowest BCUT2D eigenvalue weighted by Crippen LogP contribution is -1.92. The van der Waals surface area contributed by atoms with Crippen molar-refractivity contribution in [3.8, 4) is 106 Å². The highest BCUT2D eigenvalue weighted by Crippen LogP contribution is 2.43. The molecule has 0 bridgehead atoms. The molecule has 3 heterocycles. The Morgan fingerprint density at radius 2 is 0.578 bits per heavy atom. The van der Waals surface area contributed by atoms with Crippen molar-refractivity contribution in [1.29, 1.82) is 0 Å². The zero-order valence-electron chi connectivity index (χ0n) is 36.0. The largest absolute Gasteiger partial charge is 0.508 e. The van der Waals surface area contributed by atoms with Crippen LogP contribution in [-0.4, -0.2) is 20.1 Å². The van der Waals surface area contributed by atoms with Gasteiger partial charge in [0.15, 0.2) is 0 Å². The highest BCUT2D eigenvalue weighted by molar-refractivity contribution is 5.94. The molecule has 0 atom stereocenters. The summed E-state index contributed by atoms with van der Waals surface area (Å²) in [6, 6.07) is 69.1. The van der Waals surface area contributed by atoms with Gasteiger partial charge in [-0.05, 0) is 129 Å². The van der Waals surface area contributed by atoms with E-state index in [1.807, 2.05) is 19.3 Å². The van der Waals surface area contributed by atoms with E-state index in [0.717, 1.165) is 117 Å². The standard InChI is InChI=1S/C60H45N3O/c1-39-16-30-57(61-36-39)45-24-18-42(19-25-45)51-10-4-7-13-54(51)48-32-49(55-14-8-5-11-52(55)43-20-26-46(27-21-43)58-31-17-40(2)37-62-58)34-50(33-48)56-15-9-6-12-53(56)44-22-28-47(29-23-44)59-35-60(64)41(3)38-63-59/h4-38H,1-3H3,(H,63,64). The van der Waals surface area contributed by atoms with Gasteiger partial charge in [-0.15, -0.1) is 0 Å². The van der Waals surface area contributed by atoms with Gasteiger partial charge in [0.2, 0.25) is 0 Å². The fourth-order valence-corrected chi connectivity index (χ4v) is 8.46. The van der Waals surface area contributed by atoms with Crippen molar-refractivity contribution < 1.29 is 5.11 Å². The Balaban J connectivity index is 1.10. The number of hydrogen-bond acceptors (Lipinski definition) is 4. The van der Waals surface area contributed by atoms with Gasteiger partial charge >= 0.3 is 0 Å². The lowest BCUT2D eigenvalue weighted by atomic mass is 9.86. The summed E-state index contributed by atoms with van der Waals surface area (Å²) >= 11 is 0. The van der Waals surface area contributed by atoms with Crippen molar-refractivity contribution in [3.63, 3.8) is 0 Å². The summed E-state index contributed by atoms with van der Waals surface area (Å²) in [5.41, 5.74) is 22.4. The first-order valence-electron chi connectivity index (χ1n) is 21.6. The van der Waals surface area contributed by atoms with Crippen molar-refractivity contribution in [2.45, 2.75) is 20.8 Å². The number of aromatic nitrogens is 3. The fraction of sp³-hybridized carbons (Fsp3) is 0.0500. The van der Waals surface area contributed by atoms with Crippen LogP contribution in [-0.2, 0) is 0 Å². The third kappa shape index (κ3) is 8.13. The van der Waals surface area contributed by atoms with Crippen molar-refractivity contribution in [2.75, 3.05) is 0 Å². The van der Waals surface area contributed by atoms with E-state index in [4.69, 9.17) is 0 Å². The minimum absolute atomic E-state index is 0.242. The molecule has 64 heavy (non-hydrogen) atoms. The maximum absolute atomic E-state index is 10.4. The molecule has 4 nitrogen and oxygen atoms in total. The Labute approximate surface area is 374 Å². The second kappa shape index (κ2) is 17.3. The van der Waals surface area contributed by atoms with Gasteiger partial charge in [-0.3, -0.25) is 15.0 Å². The molecule has 0 aliphatic rings. The molecule has 1 N–H and O–H groups in total. The normalized spacial score (nSPS) is 11.1. The Hall–Kier alpha value is -8.21. The summed E-state index contributed by atoms with van der Waals surface area (Å²) in [5, 5.41) is 10.4. The van der Waals surface area contributed by atoms with Crippen molar-refractivity contribution >= 4 is 0 Å². The molecule has 3 aromatic heterocycles. The monoisotopic (exact) mass is 823 g/mol. The molecule has 0 aliphatic carbocycles. The van der Waals surface area contributed by atoms with Crippen LogP contribution in [0.2, 0.25) is 0 Å². The fourth-order valence-electron chi connectivity index (χ4n) is 8.46. The van der Waals surface area contributed by atoms with E-state index in [0.29, 0.717) is 0 Å². The maximum atomic E-state index is 10.4. The van der Waals surface area contributed by atoms with Crippen LogP contribution >= 0.6 is 0 Å². The molecular formula is C60H45N3O. The third-order valence-corrected chi connectivity index (χ3v) is 12.0. The molecule has 306 valence electrons. The van der Waals surface area contributed by atoms with E-state index in [2.05, 4.69) is 217 Å². The van der Waals surface area contributed by atoms with Crippen LogP contribution in [0.1, 0.15) is 16.7 Å². The second-order valence-electron chi connectivity index (χ2n) is 16.5. The summed E-state index contributed by atoms with van der Waals surface area (Å²) in [4.78, 5) is 14.0. The molecule has 0 saturated heterocycles. The predicted molar refractivity (Wildman–Crippen MR) is 265 cm³/mol. The zero-order chi connectivity index (χ0) is 43.6. The third-order valence-electron chi connectivity index (χ3n) is 12.0. The van der Waals surface area contributed by atoms with E-state index in [9.17, 15) is 5.11 Å². The molecule has 0 aliphatic heterocycles. The van der Waals surface area contributed by atoms with Crippen LogP contribution in [0.15, 0.2) is 213 Å². The van der Waals surface area contributed by atoms with Gasteiger partial charge < -0.3 is 5.11 Å². The van der Waals surface area contributed by atoms with Crippen LogP contribution in [0.4, 0.5) is 0 Å². The van der Waals surface area contributed by atoms with Crippen molar-refractivity contribution in [2.24, 2.45) is 0 Å². The van der Waals surface area contributed by atoms with Crippen LogP contribution in [0.5, 0.6) is 5.75 Å². The lowest BCUT2D eigenvalue weighted by Gasteiger charge is -2.18. The van der Waals surface area contributed by atoms with Gasteiger partial charge in [0.05, 0.1) is 17.1 Å². The highest BCUT2D eigenvalue weighted by Gasteiger charge is 2.17. The smallest absolute Gasteiger partial charge is 0.122 e. The lowest BCUT2D eigenvalue weighted by molar-refractivity contribution is 0.470. The summed E-state index contributed by atoms with van der Waals surface area (Å²) in [6.07, 6.45) is 5.55. The quantitative estimate of drug-likeness (QED) is 0.158. The Morgan fingerprint density at radius 3 is 0.891 bits per heavy atom. The minimum atomic E-state index is 0.242. The van der Waals surface area contributed by atoms with Gasteiger partial charge in [-0.2, -0.15) is 0 Å². The first kappa shape index (κ1) is 39.9. The highest BCUT2D eigenvalue weighted by atomic mass is 16.3. The van der Waals surface area contributed by atoms with Crippen molar-refractivity contribution in [3.05, 3.63) is 229 Å². The summed E-state index contributed by atoms with van der Waals surface area (Å²) in [7, 11) is 0. The van der Waals surface area contributed by atoms with E-state index < -0.39 is 0 Å². The Morgan fingerprint density at radius 1 is 0.281 bits per heavy atom. The number of benzene rings is 7. The van der Waals surface area contributed by atoms with Gasteiger partial charge in [-0.1, -0.05) is 158 Å². The van der Waals surface area contributed by atoms with E-state index in [1.54, 1.807) is 12.3 Å². The summed E-state index contributed by atoms with van der Waals surface area (Å²) in [6.45, 7) is 5.98. The number of aromatic hydroxyl groups is 1. The van der Waals surface area contributed by atoms with Crippen LogP contribution in [0.25, 0.3) is 101 Å². The number of nitrogens with zero attached hydrogens (tertiary/aromatic N) is 3. The average molecular weight is 824 g/mol. The maximum Gasteiger partial charge on any atom is 0.122 e. The van der Waals surface area contributed by atoms with Gasteiger partial charge in [0.25, 0.3) is 0 Å². The second-order valence-corrected chi connectivity index (χ2v) is 16.5. The first-order chi connectivity index (χ1) is 31.3. The molecule has 4 heteroatoms. The molecule has 10 rings (SSSR count). The molecular weight excluding hydrogens is 779 g/mol. The predicted octanol–water partition coefficient (Wildman–Crippen LogP) is 15.5. The number of aryl methyl sites for hydroxylation is 3. The first-order valence-corrected chi connectivity index (χ1v) is 21.6. The number of hydrogen-bond donors (Lipinski definition) is 1. The van der Waals surface area contributed by atoms with Gasteiger partial charge in [0, 0.05) is 46.9 Å². The minimum Gasteiger partial charge on any atom is -0.508 e. The van der Waals surface area contributed by atoms with Crippen LogP contribution in [0, 0.1) is 20.8 Å². The Kier molecular flexibility index (Phi) is 10.8. The summed E-state index contributed by atoms with van der Waals surface area (Å²) in [5.74, 6) is 0.242. The summed E-state index contributed by atoms with van der Waals surface area (Å²) < 4.78 is 0. The van der Waals surface area contributed by atoms with E-state index >= 15 is 0 Å². The molecule has 0 amide bonds. The molecule has 10 aromatic rings. The number of rotatable bonds is 9. The van der Waals surface area contributed by atoms with Crippen LogP contribution in [0.3, 0.4) is 0 Å². The molecule has 0 spiro atoms. The average Bonchev–Trinajstić information content (AvgIpc) is 3.35. The molecule has 0 saturated carbocycles. The molecule has 7 aromatic carbocycles. The zero-order valence-corrected chi connectivity index (χ0v) is 36.0. The van der Waals surface area contributed by atoms with Crippen molar-refractivity contribution in [1.82, 2.24) is 15.0 Å². The van der Waals surface area contributed by atoms with Gasteiger partial charge in [-0.25, -0.2) is 0 Å². The Bertz CT molecular complexity index is 3110. The molecule has 0 fully saturated rings. The number of pyridine rings is 3. The van der Waals surface area contributed by atoms with E-state index in [1.165, 1.54) is 0 Å². The SMILES string of the molecule is Cc1ccc(-c2ccc(-c3ccccc3-c3cc(-c4ccccc4-c4ccc(-c5ccc(C)cn5)cc4)cc(-c4ccccc4-c4ccc(-c5cc(O)c(C)cn5)cc4)c3)cc2)nc1. The van der Waals surface area contributed by atoms with Crippen LogP contribution < -0.4 is 0 Å². The topological polar surface area (TPSA) is 58.9 Å². The van der Waals surface area contributed by atoms with E-state index in [-0.39, 0.29) is 5.75 Å². The van der Waals surface area contributed by atoms with Gasteiger partial charge in [0.1, 0.15) is 5.75 Å². The molecule has 0 unspecified atom stereocenters.